The van der Waals surface area contributed by atoms with E-state index in [2.05, 4.69) is 0 Å². The van der Waals surface area contributed by atoms with Gasteiger partial charge < -0.3 is 5.11 Å². The van der Waals surface area contributed by atoms with Gasteiger partial charge in [0, 0.05) is 0 Å². The summed E-state index contributed by atoms with van der Waals surface area (Å²) in [5, 5.41) is 8.98. The topological polar surface area (TPSA) is 37.3 Å². The summed E-state index contributed by atoms with van der Waals surface area (Å²) in [6, 6.07) is 0. The molecule has 2 nitrogen and oxygen atoms in total. The van der Waals surface area contributed by atoms with Crippen molar-refractivity contribution in [3.63, 3.8) is 0 Å². The van der Waals surface area contributed by atoms with Gasteiger partial charge in [-0.25, -0.2) is 4.79 Å². The van der Waals surface area contributed by atoms with Crippen LogP contribution < -0.4 is 0 Å². The number of carboxylic acid groups (broad SMARTS) is 1. The molecule has 0 unspecified atom stereocenters. The van der Waals surface area contributed by atoms with Gasteiger partial charge >= 0.3 is 12.1 Å². The number of carboxylic acids is 1. The Morgan fingerprint density at radius 3 is 1.76 bits per heavy atom. The zero-order chi connectivity index (χ0) is 13.5. The molecule has 1 rings (SSSR count). The summed E-state index contributed by atoms with van der Waals surface area (Å²) >= 11 is 0. The molecule has 0 aliphatic rings. The van der Waals surface area contributed by atoms with Gasteiger partial charge in [-0.05, 0) is 49.9 Å². The second-order valence-corrected chi connectivity index (χ2v) is 4.05. The molecular formula is C12H13F3O2. The molecule has 5 heteroatoms. The Morgan fingerprint density at radius 2 is 1.41 bits per heavy atom. The standard InChI is InChI=1S/C12H13F3O2/c1-5-6(2)9(11(16)17)8(4)10(7(5)3)12(13,14)15/h1-4H3,(H,16,17). The van der Waals surface area contributed by atoms with Crippen LogP contribution in [-0.4, -0.2) is 11.1 Å². The van der Waals surface area contributed by atoms with Crippen LogP contribution in [0.4, 0.5) is 13.2 Å². The SMILES string of the molecule is Cc1c(C)c(C(=O)O)c(C)c(C(F)(F)F)c1C. The molecule has 0 aromatic heterocycles. The fourth-order valence-corrected chi connectivity index (χ4v) is 2.09. The first-order valence-electron chi connectivity index (χ1n) is 4.99. The third kappa shape index (κ3) is 2.14. The molecule has 1 N–H and O–H groups in total. The highest BCUT2D eigenvalue weighted by molar-refractivity contribution is 5.92. The lowest BCUT2D eigenvalue weighted by molar-refractivity contribution is -0.138. The normalized spacial score (nSPS) is 11.7. The van der Waals surface area contributed by atoms with Crippen LogP contribution >= 0.6 is 0 Å². The quantitative estimate of drug-likeness (QED) is 0.821. The molecule has 0 atom stereocenters. The maximum absolute atomic E-state index is 12.9. The summed E-state index contributed by atoms with van der Waals surface area (Å²) in [7, 11) is 0. The van der Waals surface area contributed by atoms with Crippen molar-refractivity contribution < 1.29 is 23.1 Å². The van der Waals surface area contributed by atoms with Gasteiger partial charge in [-0.1, -0.05) is 0 Å². The van der Waals surface area contributed by atoms with Crippen molar-refractivity contribution in [1.29, 1.82) is 0 Å². The highest BCUT2D eigenvalue weighted by atomic mass is 19.4. The molecule has 0 fully saturated rings. The average Bonchev–Trinajstić information content (AvgIpc) is 2.11. The predicted octanol–water partition coefficient (Wildman–Crippen LogP) is 3.64. The number of aromatic carboxylic acids is 1. The molecule has 0 heterocycles. The molecule has 0 aliphatic heterocycles. The second kappa shape index (κ2) is 4.05. The summed E-state index contributed by atoms with van der Waals surface area (Å²) in [4.78, 5) is 11.0. The lowest BCUT2D eigenvalue weighted by Crippen LogP contribution is -2.17. The Bertz CT molecular complexity index is 488. The number of carbonyl (C=O) groups is 1. The fourth-order valence-electron chi connectivity index (χ4n) is 2.09. The van der Waals surface area contributed by atoms with Crippen LogP contribution in [0.2, 0.25) is 0 Å². The molecule has 0 radical (unpaired) electrons. The minimum atomic E-state index is -4.53. The van der Waals surface area contributed by atoms with Gasteiger partial charge in [0.2, 0.25) is 0 Å². The van der Waals surface area contributed by atoms with E-state index in [9.17, 15) is 18.0 Å². The number of rotatable bonds is 1. The number of hydrogen-bond acceptors (Lipinski definition) is 1. The van der Waals surface area contributed by atoms with E-state index < -0.39 is 17.7 Å². The van der Waals surface area contributed by atoms with Crippen LogP contribution in [0.5, 0.6) is 0 Å². The third-order valence-corrected chi connectivity index (χ3v) is 3.12. The average molecular weight is 246 g/mol. The summed E-state index contributed by atoms with van der Waals surface area (Å²) < 4.78 is 38.6. The number of halogens is 3. The van der Waals surface area contributed by atoms with Crippen LogP contribution in [0.1, 0.15) is 38.2 Å². The van der Waals surface area contributed by atoms with Crippen LogP contribution in [0.3, 0.4) is 0 Å². The van der Waals surface area contributed by atoms with Crippen LogP contribution in [0.25, 0.3) is 0 Å². The molecule has 0 spiro atoms. The molecule has 94 valence electrons. The van der Waals surface area contributed by atoms with E-state index in [1.807, 2.05) is 0 Å². The molecule has 17 heavy (non-hydrogen) atoms. The zero-order valence-corrected chi connectivity index (χ0v) is 9.99. The smallest absolute Gasteiger partial charge is 0.416 e. The van der Waals surface area contributed by atoms with E-state index in [4.69, 9.17) is 5.11 Å². The van der Waals surface area contributed by atoms with Crippen molar-refractivity contribution in [2.75, 3.05) is 0 Å². The van der Waals surface area contributed by atoms with Gasteiger partial charge in [-0.3, -0.25) is 0 Å². The van der Waals surface area contributed by atoms with Crippen molar-refractivity contribution in [3.05, 3.63) is 33.4 Å². The number of benzene rings is 1. The molecule has 0 saturated heterocycles. The van der Waals surface area contributed by atoms with Crippen molar-refractivity contribution in [2.45, 2.75) is 33.9 Å². The minimum absolute atomic E-state index is 0.0949. The molecule has 1 aromatic carbocycles. The minimum Gasteiger partial charge on any atom is -0.478 e. The molecule has 0 amide bonds. The Morgan fingerprint density at radius 1 is 0.941 bits per heavy atom. The van der Waals surface area contributed by atoms with Crippen molar-refractivity contribution >= 4 is 5.97 Å². The summed E-state index contributed by atoms with van der Waals surface area (Å²) in [5.74, 6) is -1.33. The molecule has 0 bridgehead atoms. The predicted molar refractivity (Wildman–Crippen MR) is 57.4 cm³/mol. The van der Waals surface area contributed by atoms with Crippen molar-refractivity contribution in [2.24, 2.45) is 0 Å². The Balaban J connectivity index is 3.81. The Kier molecular flexibility index (Phi) is 3.23. The fraction of sp³-hybridized carbons (Fsp3) is 0.417. The Labute approximate surface area is 97.1 Å². The molecule has 0 saturated carbocycles. The maximum Gasteiger partial charge on any atom is 0.416 e. The first kappa shape index (κ1) is 13.5. The summed E-state index contributed by atoms with van der Waals surface area (Å²) in [6.07, 6.45) is -4.53. The van der Waals surface area contributed by atoms with Crippen LogP contribution in [0, 0.1) is 27.7 Å². The Hall–Kier alpha value is -1.52. The van der Waals surface area contributed by atoms with E-state index in [0.29, 0.717) is 11.1 Å². The lowest BCUT2D eigenvalue weighted by atomic mass is 9.88. The van der Waals surface area contributed by atoms with Gasteiger partial charge in [0.1, 0.15) is 0 Å². The van der Waals surface area contributed by atoms with Crippen molar-refractivity contribution in [1.82, 2.24) is 0 Å². The van der Waals surface area contributed by atoms with Crippen molar-refractivity contribution in [3.8, 4) is 0 Å². The third-order valence-electron chi connectivity index (χ3n) is 3.12. The van der Waals surface area contributed by atoms with Crippen LogP contribution in [-0.2, 0) is 6.18 Å². The highest BCUT2D eigenvalue weighted by Crippen LogP contribution is 2.38. The van der Waals surface area contributed by atoms with E-state index in [0.717, 1.165) is 0 Å². The van der Waals surface area contributed by atoms with Gasteiger partial charge in [-0.15, -0.1) is 0 Å². The zero-order valence-electron chi connectivity index (χ0n) is 9.99. The second-order valence-electron chi connectivity index (χ2n) is 4.05. The van der Waals surface area contributed by atoms with Crippen LogP contribution in [0.15, 0.2) is 0 Å². The van der Waals surface area contributed by atoms with Gasteiger partial charge in [-0.2, -0.15) is 13.2 Å². The summed E-state index contributed by atoms with van der Waals surface area (Å²) in [5.41, 5.74) is -0.442. The van der Waals surface area contributed by atoms with Gasteiger partial charge in [0.15, 0.2) is 0 Å². The lowest BCUT2D eigenvalue weighted by Gasteiger charge is -2.20. The first-order valence-corrected chi connectivity index (χ1v) is 4.99. The van der Waals surface area contributed by atoms with Gasteiger partial charge in [0.05, 0.1) is 11.1 Å². The van der Waals surface area contributed by atoms with E-state index in [-0.39, 0.29) is 16.7 Å². The van der Waals surface area contributed by atoms with E-state index in [1.54, 1.807) is 0 Å². The van der Waals surface area contributed by atoms with E-state index >= 15 is 0 Å². The largest absolute Gasteiger partial charge is 0.478 e. The van der Waals surface area contributed by atoms with Gasteiger partial charge in [0.25, 0.3) is 0 Å². The molecule has 1 aromatic rings. The maximum atomic E-state index is 12.9. The number of alkyl halides is 3. The first-order chi connectivity index (χ1) is 7.59. The summed E-state index contributed by atoms with van der Waals surface area (Å²) in [6.45, 7) is 5.60. The van der Waals surface area contributed by atoms with E-state index in [1.165, 1.54) is 27.7 Å². The molecule has 0 aliphatic carbocycles. The molecular weight excluding hydrogens is 233 g/mol. The monoisotopic (exact) mass is 246 g/mol. The highest BCUT2D eigenvalue weighted by Gasteiger charge is 2.37. The number of hydrogen-bond donors (Lipinski definition) is 1.